The smallest absolute Gasteiger partial charge is 0.326 e. The molecule has 15 amide bonds. The van der Waals surface area contributed by atoms with Gasteiger partial charge in [-0.25, -0.2) is 14.6 Å². The fraction of sp³-hybridized carbons (Fsp3) is 0.667. The molecule has 1 aromatic carbocycles. The molecule has 4 aromatic rings. The normalized spacial score (nSPS) is 20.9. The summed E-state index contributed by atoms with van der Waals surface area (Å²) in [6, 6.07) is -14.1. The Balaban J connectivity index is 1.12. The Bertz CT molecular complexity index is 4850. The number of para-hydroxylation sites is 1. The molecule has 5 heterocycles. The van der Waals surface area contributed by atoms with Crippen molar-refractivity contribution < 1.29 is 145 Å². The van der Waals surface area contributed by atoms with Gasteiger partial charge in [-0.05, 0) is 102 Å². The average molecular weight is 2170 g/mol. The second kappa shape index (κ2) is 70.6. The molecular formula is C93H145N21O30S4. The van der Waals surface area contributed by atoms with Crippen LogP contribution in [0.5, 0.6) is 0 Å². The number of aliphatic hydroxyl groups is 1. The van der Waals surface area contributed by atoms with E-state index in [2.05, 4.69) is 99.7 Å². The number of nitrogens with one attached hydrogen (secondary N) is 16. The number of aliphatic hydroxyl groups excluding tert-OH is 1. The zero-order valence-corrected chi connectivity index (χ0v) is 87.6. The van der Waals surface area contributed by atoms with Crippen LogP contribution in [0, 0.1) is 11.8 Å². The molecule has 826 valence electrons. The number of Topliss-reactive ketones (excluding diaryl/α,β-unsaturated/α-hetero) is 1. The third kappa shape index (κ3) is 50.3. The van der Waals surface area contributed by atoms with E-state index in [1.807, 2.05) is 0 Å². The number of nitrogens with zero attached hydrogens (tertiary/aromatic N) is 4. The van der Waals surface area contributed by atoms with Gasteiger partial charge in [0.1, 0.15) is 78.2 Å². The first-order valence-electron chi connectivity index (χ1n) is 49.2. The summed E-state index contributed by atoms with van der Waals surface area (Å²) in [5, 5.41) is 84.7. The molecule has 2 fully saturated rings. The van der Waals surface area contributed by atoms with Crippen LogP contribution in [0.25, 0.3) is 10.9 Å². The van der Waals surface area contributed by atoms with Gasteiger partial charge in [-0.1, -0.05) is 101 Å². The second-order valence-corrected chi connectivity index (χ2v) is 40.9. The summed E-state index contributed by atoms with van der Waals surface area (Å²) < 4.78 is 46.4. The summed E-state index contributed by atoms with van der Waals surface area (Å²) in [6.07, 6.45) is 2.38. The van der Waals surface area contributed by atoms with Crippen molar-refractivity contribution in [3.8, 4) is 0 Å². The molecule has 0 saturated carbocycles. The number of carboxylic acid groups (broad SMARTS) is 3. The van der Waals surface area contributed by atoms with Gasteiger partial charge in [0.25, 0.3) is 0 Å². The van der Waals surface area contributed by atoms with E-state index in [1.165, 1.54) is 41.0 Å². The number of aromatic nitrogens is 6. The van der Waals surface area contributed by atoms with E-state index in [-0.39, 0.29) is 133 Å². The number of nitrogens with two attached hydrogens (primary N) is 1. The number of carbonyl (C=O) groups excluding carboxylic acids is 15. The number of ketones is 1. The number of H-pyrrole nitrogens is 2. The van der Waals surface area contributed by atoms with Crippen LogP contribution in [0.15, 0.2) is 49.2 Å². The molecule has 2 aliphatic rings. The first kappa shape index (κ1) is 125. The predicted octanol–water partition coefficient (Wildman–Crippen LogP) is -1.23. The molecule has 14 atom stereocenters. The van der Waals surface area contributed by atoms with E-state index in [0.717, 1.165) is 47.8 Å². The lowest BCUT2D eigenvalue weighted by molar-refractivity contribution is -0.141. The number of aliphatic carboxylic acids is 3. The number of hydrogen-bond acceptors (Lipinski definition) is 34. The number of rotatable bonds is 55. The minimum absolute atomic E-state index is 0.00225. The van der Waals surface area contributed by atoms with Gasteiger partial charge in [-0.2, -0.15) is 0 Å². The maximum atomic E-state index is 15.4. The minimum Gasteiger partial charge on any atom is -0.481 e. The quantitative estimate of drug-likeness (QED) is 0.0182. The highest BCUT2D eigenvalue weighted by Gasteiger charge is 2.39. The Morgan fingerprint density at radius 2 is 1.11 bits per heavy atom. The van der Waals surface area contributed by atoms with Gasteiger partial charge >= 0.3 is 23.9 Å². The molecule has 0 unspecified atom stereocenters. The van der Waals surface area contributed by atoms with Gasteiger partial charge in [0, 0.05) is 97.9 Å². The Morgan fingerprint density at radius 3 is 1.72 bits per heavy atom. The minimum atomic E-state index is -1.89. The number of urea groups is 1. The number of fused-ring (bicyclic) bond motifs is 9. The van der Waals surface area contributed by atoms with Gasteiger partial charge in [0.15, 0.2) is 5.78 Å². The van der Waals surface area contributed by atoms with Gasteiger partial charge < -0.3 is 148 Å². The van der Waals surface area contributed by atoms with E-state index in [4.69, 9.17) is 48.7 Å². The molecule has 22 N–H and O–H groups in total. The molecule has 0 aliphatic carbocycles. The molecule has 148 heavy (non-hydrogen) atoms. The number of amides is 15. The molecule has 2 aliphatic heterocycles. The number of ether oxygens (including phenoxy) is 8. The van der Waals surface area contributed by atoms with Crippen molar-refractivity contribution in [2.24, 2.45) is 17.6 Å². The van der Waals surface area contributed by atoms with E-state index < -0.39 is 241 Å². The summed E-state index contributed by atoms with van der Waals surface area (Å²) >= 11 is 0. The first-order chi connectivity index (χ1) is 70.9. The van der Waals surface area contributed by atoms with E-state index >= 15 is 14.4 Å². The Labute approximate surface area is 872 Å². The Morgan fingerprint density at radius 1 is 0.547 bits per heavy atom. The molecule has 0 spiro atoms. The molecule has 6 rings (SSSR count). The Kier molecular flexibility index (Phi) is 59.7. The number of imidazole rings is 1. The standard InChI is InChI=1S/C93H145N21O30S4/c1-8-63(92(134)135)110-93(136)96-24-12-9-13-25-114-50-61(112-113-114)51-144-40-39-143-38-37-142-36-35-141-34-33-140-32-31-139-30-29-138-28-27-137-26-22-77(118)101-72(47-79(121)122)89(131)108-73-52-147-148-53-74(91(133)111-80(58(7)115)81(94)123)109-87(129)70(45-59-48-97-64-16-11-10-15-62(59)64)106-85(127)67-23-42-146-145-41-14-17-65(102-82(124)57(6)99-90(73)132)83(125)107-71(46-60-49-95-54-98-60)88(130)104-68(43-55(2)3)75(116)19-20-76(117)100-66(18-21-78(119)120)84(126)105-69(44-56(4)5)86(128)103-67/h10-11,15-16,48-50,54-58,63,65-74,80,97,115H,8-9,12-14,17-47,51-53H2,1-7H3,(H2,94,123)(H,95,98)(H,99,132)(H,100,117)(H,101,118)(H,102,124)(H,103,128)(H,104,130)(H,105,126)(H,106,127)(H,107,125)(H,108,131)(H,109,129)(H,111,133)(H,119,120)(H,121,122)(H,134,135)(H2,96,110,136)/t57-,58+,63-,65-,66-,67-,68-,69-,70-,71-,72-,73-,74-,80-/m0/s1. The van der Waals surface area contributed by atoms with Crippen LogP contribution in [-0.2, 0) is 145 Å². The largest absolute Gasteiger partial charge is 0.481 e. The molecule has 0 radical (unpaired) electrons. The Hall–Kier alpha value is -11.4. The van der Waals surface area contributed by atoms with E-state index in [9.17, 15) is 87.2 Å². The number of carbonyl (C=O) groups is 18. The van der Waals surface area contributed by atoms with Crippen molar-refractivity contribution in [2.45, 2.75) is 255 Å². The predicted molar refractivity (Wildman–Crippen MR) is 542 cm³/mol. The summed E-state index contributed by atoms with van der Waals surface area (Å²) in [4.78, 5) is 261. The SMILES string of the molecule is CC[C@H](NC(=O)NCCCCCn1cc(COCCOCCOCCOCCOCCOCCOCCOCCC(=O)N[C@@H](CC(=O)O)C(=O)N[C@H]2CSSC[C@@H](C(=O)N[C@H](C(N)=O)[C@@H](C)O)NC(=O)[C@H](Cc3c[nH]c4ccccc34)NC(=O)[C@@H]3CCSSCCC[C@H](NC(=O)[C@H](C)NC2=O)C(=O)N[C@@H](Cc2c[nH]cn2)C(=O)N[C@@H](CC(C)C)C(=O)CCC(=O)N[C@@H](CCC(=O)O)C(=O)N[C@@H](CC(C)C)C(=O)N3)nn1)C(=O)O. The number of carboxylic acids is 3. The second-order valence-electron chi connectivity index (χ2n) is 35.6. The summed E-state index contributed by atoms with van der Waals surface area (Å²) in [5.41, 5.74) is 7.63. The number of primary amides is 1. The summed E-state index contributed by atoms with van der Waals surface area (Å²) in [5.74, 6) is -19.4. The van der Waals surface area contributed by atoms with Crippen LogP contribution in [0.1, 0.15) is 162 Å². The van der Waals surface area contributed by atoms with Gasteiger partial charge in [-0.15, -0.1) is 5.10 Å². The van der Waals surface area contributed by atoms with Gasteiger partial charge in [0.05, 0.1) is 142 Å². The van der Waals surface area contributed by atoms with Crippen LogP contribution in [-0.4, -0.2) is 370 Å². The zero-order chi connectivity index (χ0) is 108. The van der Waals surface area contributed by atoms with Crippen molar-refractivity contribution in [2.75, 3.05) is 129 Å². The number of benzene rings is 1. The topological polar surface area (TPSA) is 732 Å². The highest BCUT2D eigenvalue weighted by Crippen LogP contribution is 2.28. The molecule has 51 nitrogen and oxygen atoms in total. The molecule has 55 heteroatoms. The van der Waals surface area contributed by atoms with Crippen LogP contribution in [0.4, 0.5) is 4.79 Å². The van der Waals surface area contributed by atoms with Crippen LogP contribution in [0.3, 0.4) is 0 Å². The van der Waals surface area contributed by atoms with Gasteiger partial charge in [0.2, 0.25) is 76.8 Å². The highest BCUT2D eigenvalue weighted by atomic mass is 33.1. The van der Waals surface area contributed by atoms with Crippen LogP contribution < -0.4 is 80.2 Å². The fourth-order valence-corrected chi connectivity index (χ4v) is 19.1. The third-order valence-corrected chi connectivity index (χ3v) is 27.5. The first-order valence-corrected chi connectivity index (χ1v) is 54.2. The van der Waals surface area contributed by atoms with E-state index in [1.54, 1.807) is 76.0 Å². The van der Waals surface area contributed by atoms with E-state index in [0.29, 0.717) is 88.1 Å². The number of aryl methyl sites for hydroxylation is 1. The fourth-order valence-electron chi connectivity index (χ4n) is 14.6. The van der Waals surface area contributed by atoms with Crippen molar-refractivity contribution in [1.29, 1.82) is 0 Å². The molecule has 3 aromatic heterocycles. The van der Waals surface area contributed by atoms with Crippen LogP contribution >= 0.6 is 43.2 Å². The molecule has 2 saturated heterocycles. The number of aromatic amines is 2. The monoisotopic (exact) mass is 2160 g/mol. The average Bonchev–Trinajstić information content (AvgIpc) is 1.66. The van der Waals surface area contributed by atoms with Crippen molar-refractivity contribution >= 4 is 161 Å². The van der Waals surface area contributed by atoms with Crippen molar-refractivity contribution in [1.82, 2.24) is 104 Å². The third-order valence-electron chi connectivity index (χ3n) is 22.5. The lowest BCUT2D eigenvalue weighted by Gasteiger charge is -2.28. The van der Waals surface area contributed by atoms with Crippen molar-refractivity contribution in [3.05, 3.63) is 66.1 Å². The zero-order valence-electron chi connectivity index (χ0n) is 84.3. The molecule has 2 bridgehead atoms. The molecular weight excluding hydrogens is 2020 g/mol. The maximum Gasteiger partial charge on any atom is 0.326 e. The number of unbranched alkanes of at least 4 members (excludes halogenated alkanes) is 2. The number of hydrogen-bond donors (Lipinski definition) is 21. The lowest BCUT2D eigenvalue weighted by atomic mass is 9.96. The lowest BCUT2D eigenvalue weighted by Crippen LogP contribution is -2.61. The highest BCUT2D eigenvalue weighted by molar-refractivity contribution is 8.77. The van der Waals surface area contributed by atoms with Crippen LogP contribution in [0.2, 0.25) is 0 Å². The summed E-state index contributed by atoms with van der Waals surface area (Å²) in [6.45, 7) is 15.8. The summed E-state index contributed by atoms with van der Waals surface area (Å²) in [7, 11) is 3.95. The van der Waals surface area contributed by atoms with Gasteiger partial charge in [-0.3, -0.25) is 81.4 Å². The maximum absolute atomic E-state index is 15.4. The van der Waals surface area contributed by atoms with Crippen molar-refractivity contribution in [3.63, 3.8) is 0 Å².